The second-order valence-electron chi connectivity index (χ2n) is 7.94. The van der Waals surface area contributed by atoms with Crippen molar-refractivity contribution in [2.24, 2.45) is 0 Å². The molecular weight excluding hydrogens is 444 g/mol. The molecule has 0 radical (unpaired) electrons. The summed E-state index contributed by atoms with van der Waals surface area (Å²) >= 11 is 0. The molecule has 0 aliphatic heterocycles. The van der Waals surface area contributed by atoms with Crippen molar-refractivity contribution in [2.45, 2.75) is 20.0 Å². The zero-order valence-corrected chi connectivity index (χ0v) is 19.6. The van der Waals surface area contributed by atoms with Gasteiger partial charge in [0.15, 0.2) is 0 Å². The molecule has 6 nitrogen and oxygen atoms in total. The van der Waals surface area contributed by atoms with Crippen molar-refractivity contribution in [1.82, 2.24) is 0 Å². The molecule has 0 aliphatic rings. The lowest BCUT2D eigenvalue weighted by molar-refractivity contribution is -0.268. The van der Waals surface area contributed by atoms with Gasteiger partial charge in [0.2, 0.25) is 0 Å². The highest BCUT2D eigenvalue weighted by molar-refractivity contribution is 5.89. The summed E-state index contributed by atoms with van der Waals surface area (Å²) in [7, 11) is 0. The van der Waals surface area contributed by atoms with Crippen LogP contribution in [0.15, 0.2) is 103 Å². The lowest BCUT2D eigenvalue weighted by atomic mass is 10.0. The van der Waals surface area contributed by atoms with Crippen LogP contribution in [0.3, 0.4) is 0 Å². The first-order valence-corrected chi connectivity index (χ1v) is 10.8. The fourth-order valence-corrected chi connectivity index (χ4v) is 3.02. The topological polar surface area (TPSA) is 82.1 Å². The first-order chi connectivity index (χ1) is 16.8. The third-order valence-electron chi connectivity index (χ3n) is 5.00. The Hall–Kier alpha value is -4.26. The predicted octanol–water partition coefficient (Wildman–Crippen LogP) is 6.56. The maximum atomic E-state index is 11.6. The molecule has 1 atom stereocenters. The van der Waals surface area contributed by atoms with Crippen LogP contribution in [0.4, 0.5) is 0 Å². The van der Waals surface area contributed by atoms with Gasteiger partial charge < -0.3 is 9.47 Å². The van der Waals surface area contributed by atoms with Gasteiger partial charge in [0.25, 0.3) is 0 Å². The minimum Gasteiger partial charge on any atom is -0.423 e. The van der Waals surface area contributed by atoms with E-state index in [0.717, 1.165) is 16.7 Å². The maximum absolute atomic E-state index is 11.6. The average Bonchev–Trinajstić information content (AvgIpc) is 2.86. The van der Waals surface area contributed by atoms with Gasteiger partial charge in [0.1, 0.15) is 17.6 Å². The molecule has 0 bridgehead atoms. The van der Waals surface area contributed by atoms with Crippen LogP contribution in [0, 0.1) is 0 Å². The van der Waals surface area contributed by atoms with Gasteiger partial charge in [0, 0.05) is 11.1 Å². The molecule has 3 aromatic carbocycles. The summed E-state index contributed by atoms with van der Waals surface area (Å²) in [6.07, 6.45) is 2.85. The molecule has 0 saturated heterocycles. The van der Waals surface area contributed by atoms with Gasteiger partial charge >= 0.3 is 11.9 Å². The molecule has 0 saturated carbocycles. The van der Waals surface area contributed by atoms with Crippen molar-refractivity contribution in [3.05, 3.63) is 114 Å². The molecular formula is C29H26O6. The van der Waals surface area contributed by atoms with Gasteiger partial charge in [-0.15, -0.1) is 0 Å². The molecule has 0 spiro atoms. The van der Waals surface area contributed by atoms with Gasteiger partial charge in [-0.25, -0.2) is 14.5 Å². The number of hydrogen-bond acceptors (Lipinski definition) is 6. The Morgan fingerprint density at radius 1 is 0.743 bits per heavy atom. The van der Waals surface area contributed by atoms with E-state index in [2.05, 4.69) is 18.0 Å². The number of carbonyl (C=O) groups is 2. The van der Waals surface area contributed by atoms with E-state index in [1.165, 1.54) is 0 Å². The summed E-state index contributed by atoms with van der Waals surface area (Å²) in [5.74, 6) is -0.127. The summed E-state index contributed by atoms with van der Waals surface area (Å²) < 4.78 is 10.4. The normalized spacial score (nSPS) is 11.6. The smallest absolute Gasteiger partial charge is 0.338 e. The Kier molecular flexibility index (Phi) is 8.51. The van der Waals surface area contributed by atoms with Crippen molar-refractivity contribution in [3.8, 4) is 22.6 Å². The summed E-state index contributed by atoms with van der Waals surface area (Å²) in [5, 5.41) is 9.36. The van der Waals surface area contributed by atoms with Crippen molar-refractivity contribution in [1.29, 1.82) is 0 Å². The lowest BCUT2D eigenvalue weighted by Crippen LogP contribution is -2.08. The molecule has 6 heteroatoms. The second kappa shape index (κ2) is 11.7. The molecule has 3 aromatic rings. The number of rotatable bonds is 9. The monoisotopic (exact) mass is 470 g/mol. The zero-order valence-electron chi connectivity index (χ0n) is 19.6. The number of ether oxygens (including phenoxy) is 2. The van der Waals surface area contributed by atoms with Crippen molar-refractivity contribution in [2.75, 3.05) is 0 Å². The van der Waals surface area contributed by atoms with Crippen LogP contribution < -0.4 is 9.47 Å². The van der Waals surface area contributed by atoms with Gasteiger partial charge in [-0.3, -0.25) is 5.26 Å². The van der Waals surface area contributed by atoms with E-state index in [0.29, 0.717) is 28.2 Å². The third-order valence-corrected chi connectivity index (χ3v) is 5.00. The van der Waals surface area contributed by atoms with Crippen molar-refractivity contribution >= 4 is 18.0 Å². The Morgan fingerprint density at radius 3 is 1.60 bits per heavy atom. The predicted molar refractivity (Wildman–Crippen MR) is 135 cm³/mol. The van der Waals surface area contributed by atoms with Crippen LogP contribution >= 0.6 is 0 Å². The minimum atomic E-state index is -0.699. The van der Waals surface area contributed by atoms with Crippen LogP contribution in [0.2, 0.25) is 0 Å². The molecule has 0 heterocycles. The van der Waals surface area contributed by atoms with Gasteiger partial charge in [-0.2, -0.15) is 0 Å². The SMILES string of the molecule is C=C(C)C(=O)Oc1ccc(-c2ccc(/C=C/C(OO)c3ccc(OC(=O)C(=C)C)cc3)cc2)cc1. The zero-order chi connectivity index (χ0) is 25.4. The molecule has 0 aromatic heterocycles. The quantitative estimate of drug-likeness (QED) is 0.125. The van der Waals surface area contributed by atoms with Crippen molar-refractivity contribution in [3.63, 3.8) is 0 Å². The highest BCUT2D eigenvalue weighted by atomic mass is 17.1. The number of carbonyl (C=O) groups excluding carboxylic acids is 2. The van der Waals surface area contributed by atoms with E-state index in [4.69, 9.17) is 9.47 Å². The summed E-state index contributed by atoms with van der Waals surface area (Å²) in [6, 6.07) is 21.7. The standard InChI is InChI=1S/C29H26O6/c1-19(2)28(30)33-25-14-10-23(11-15-25)22-8-5-21(6-9-22)7-18-27(35-32)24-12-16-26(17-13-24)34-29(31)20(3)4/h5-18,27,32H,1,3H2,2,4H3/b18-7+. The minimum absolute atomic E-state index is 0.306. The van der Waals surface area contributed by atoms with Gasteiger partial charge in [-0.05, 0) is 66.4 Å². The van der Waals surface area contributed by atoms with Gasteiger partial charge in [0.05, 0.1) is 0 Å². The van der Waals surface area contributed by atoms with E-state index in [1.54, 1.807) is 56.3 Å². The fraction of sp³-hybridized carbons (Fsp3) is 0.103. The number of hydrogen-bond donors (Lipinski definition) is 1. The van der Waals surface area contributed by atoms with E-state index < -0.39 is 18.0 Å². The molecule has 1 N–H and O–H groups in total. The Labute approximate surface area is 204 Å². The van der Waals surface area contributed by atoms with E-state index >= 15 is 0 Å². The van der Waals surface area contributed by atoms with Crippen LogP contribution in [0.1, 0.15) is 31.1 Å². The summed E-state index contributed by atoms with van der Waals surface area (Å²) in [6.45, 7) is 10.3. The maximum Gasteiger partial charge on any atom is 0.338 e. The Balaban J connectivity index is 1.65. The van der Waals surface area contributed by atoms with Crippen LogP contribution in [-0.4, -0.2) is 17.2 Å². The molecule has 0 amide bonds. The molecule has 0 fully saturated rings. The largest absolute Gasteiger partial charge is 0.423 e. The molecule has 1 unspecified atom stereocenters. The van der Waals surface area contributed by atoms with Crippen LogP contribution in [-0.2, 0) is 14.5 Å². The number of benzene rings is 3. The highest BCUT2D eigenvalue weighted by Crippen LogP contribution is 2.25. The lowest BCUT2D eigenvalue weighted by Gasteiger charge is -2.11. The fourth-order valence-electron chi connectivity index (χ4n) is 3.02. The molecule has 178 valence electrons. The first kappa shape index (κ1) is 25.4. The molecule has 3 rings (SSSR count). The Bertz CT molecular complexity index is 1240. The van der Waals surface area contributed by atoms with E-state index in [1.807, 2.05) is 42.5 Å². The van der Waals surface area contributed by atoms with Crippen LogP contribution in [0.5, 0.6) is 11.5 Å². The van der Waals surface area contributed by atoms with E-state index in [9.17, 15) is 14.8 Å². The summed E-state index contributed by atoms with van der Waals surface area (Å²) in [4.78, 5) is 27.9. The first-order valence-electron chi connectivity index (χ1n) is 10.8. The molecule has 35 heavy (non-hydrogen) atoms. The average molecular weight is 471 g/mol. The van der Waals surface area contributed by atoms with Gasteiger partial charge in [-0.1, -0.05) is 67.8 Å². The summed E-state index contributed by atoms with van der Waals surface area (Å²) in [5.41, 5.74) is 4.21. The third kappa shape index (κ3) is 7.11. The van der Waals surface area contributed by atoms with Crippen LogP contribution in [0.25, 0.3) is 17.2 Å². The highest BCUT2D eigenvalue weighted by Gasteiger charge is 2.11. The Morgan fingerprint density at radius 2 is 1.17 bits per heavy atom. The van der Waals surface area contributed by atoms with E-state index in [-0.39, 0.29) is 0 Å². The van der Waals surface area contributed by atoms with Crippen molar-refractivity contribution < 1.29 is 29.2 Å². The number of esters is 2. The second-order valence-corrected chi connectivity index (χ2v) is 7.94. The molecule has 0 aliphatic carbocycles.